The monoisotopic (exact) mass is 247 g/mol. The number of benzene rings is 1. The summed E-state index contributed by atoms with van der Waals surface area (Å²) >= 11 is 0. The summed E-state index contributed by atoms with van der Waals surface area (Å²) in [7, 11) is 3.73. The Morgan fingerprint density at radius 1 is 1.33 bits per heavy atom. The second-order valence-corrected chi connectivity index (χ2v) is 5.44. The van der Waals surface area contributed by atoms with Gasteiger partial charge in [0.1, 0.15) is 17.1 Å². The van der Waals surface area contributed by atoms with Crippen molar-refractivity contribution in [3.05, 3.63) is 23.8 Å². The third-order valence-electron chi connectivity index (χ3n) is 4.36. The van der Waals surface area contributed by atoms with Gasteiger partial charge in [0.15, 0.2) is 0 Å². The molecule has 1 aromatic rings. The molecular weight excluding hydrogens is 226 g/mol. The van der Waals surface area contributed by atoms with Crippen molar-refractivity contribution in [2.24, 2.45) is 0 Å². The topological polar surface area (TPSA) is 30.5 Å². The first-order valence-corrected chi connectivity index (χ1v) is 6.80. The van der Waals surface area contributed by atoms with E-state index >= 15 is 0 Å². The van der Waals surface area contributed by atoms with E-state index in [-0.39, 0.29) is 5.60 Å². The molecule has 3 nitrogen and oxygen atoms in total. The summed E-state index contributed by atoms with van der Waals surface area (Å²) in [4.78, 5) is 0. The van der Waals surface area contributed by atoms with E-state index in [9.17, 15) is 0 Å². The number of rotatable bonds is 2. The van der Waals surface area contributed by atoms with Gasteiger partial charge in [0.05, 0.1) is 7.11 Å². The van der Waals surface area contributed by atoms with E-state index in [4.69, 9.17) is 9.47 Å². The number of methoxy groups -OCH3 is 1. The molecular formula is C15H21NO2. The quantitative estimate of drug-likeness (QED) is 0.871. The number of nitrogens with one attached hydrogen (secondary N) is 1. The second kappa shape index (κ2) is 4.47. The molecule has 1 unspecified atom stereocenters. The van der Waals surface area contributed by atoms with Crippen molar-refractivity contribution in [3.8, 4) is 11.5 Å². The maximum atomic E-state index is 6.33. The number of ether oxygens (including phenoxy) is 2. The highest BCUT2D eigenvalue weighted by Crippen LogP contribution is 2.47. The lowest BCUT2D eigenvalue weighted by Crippen LogP contribution is -2.41. The summed E-state index contributed by atoms with van der Waals surface area (Å²) < 4.78 is 11.6. The van der Waals surface area contributed by atoms with Crippen molar-refractivity contribution in [3.63, 3.8) is 0 Å². The van der Waals surface area contributed by atoms with Crippen molar-refractivity contribution in [1.29, 1.82) is 0 Å². The Morgan fingerprint density at radius 2 is 2.11 bits per heavy atom. The summed E-state index contributed by atoms with van der Waals surface area (Å²) in [5, 5.41) is 3.43. The third-order valence-corrected chi connectivity index (χ3v) is 4.36. The van der Waals surface area contributed by atoms with Gasteiger partial charge in [-0.3, -0.25) is 0 Å². The molecule has 1 atom stereocenters. The lowest BCUT2D eigenvalue weighted by atomic mass is 9.86. The highest BCUT2D eigenvalue weighted by Gasteiger charge is 2.42. The van der Waals surface area contributed by atoms with Gasteiger partial charge in [-0.15, -0.1) is 0 Å². The zero-order chi connectivity index (χ0) is 12.6. The average Bonchev–Trinajstić information content (AvgIpc) is 2.84. The molecule has 1 aliphatic heterocycles. The van der Waals surface area contributed by atoms with E-state index in [0.29, 0.717) is 6.04 Å². The van der Waals surface area contributed by atoms with Crippen LogP contribution in [0.4, 0.5) is 0 Å². The van der Waals surface area contributed by atoms with Gasteiger partial charge in [-0.05, 0) is 38.8 Å². The van der Waals surface area contributed by atoms with Crippen LogP contribution < -0.4 is 14.8 Å². The second-order valence-electron chi connectivity index (χ2n) is 5.44. The largest absolute Gasteiger partial charge is 0.497 e. The molecule has 1 N–H and O–H groups in total. The standard InChI is InChI=1S/C15H21NO2/c1-16-13-10-15(7-3-4-8-15)18-14-9-11(17-2)5-6-12(13)14/h5-6,9,13,16H,3-4,7-8,10H2,1-2H3. The van der Waals surface area contributed by atoms with E-state index in [0.717, 1.165) is 17.9 Å². The Kier molecular flexibility index (Phi) is 2.94. The first-order chi connectivity index (χ1) is 8.76. The van der Waals surface area contributed by atoms with Crippen molar-refractivity contribution in [2.75, 3.05) is 14.2 Å². The smallest absolute Gasteiger partial charge is 0.128 e. The van der Waals surface area contributed by atoms with Crippen LogP contribution in [0.2, 0.25) is 0 Å². The predicted octanol–water partition coefficient (Wildman–Crippen LogP) is 3.05. The van der Waals surface area contributed by atoms with E-state index < -0.39 is 0 Å². The number of hydrogen-bond acceptors (Lipinski definition) is 3. The highest BCUT2D eigenvalue weighted by atomic mass is 16.5. The van der Waals surface area contributed by atoms with Crippen LogP contribution in [-0.4, -0.2) is 19.8 Å². The van der Waals surface area contributed by atoms with Crippen LogP contribution in [0.15, 0.2) is 18.2 Å². The van der Waals surface area contributed by atoms with Crippen molar-refractivity contribution < 1.29 is 9.47 Å². The lowest BCUT2D eigenvalue weighted by molar-refractivity contribution is 0.0377. The van der Waals surface area contributed by atoms with Crippen LogP contribution in [0, 0.1) is 0 Å². The van der Waals surface area contributed by atoms with Gasteiger partial charge in [-0.1, -0.05) is 6.07 Å². The van der Waals surface area contributed by atoms with Gasteiger partial charge in [-0.2, -0.15) is 0 Å². The summed E-state index contributed by atoms with van der Waals surface area (Å²) in [6.45, 7) is 0. The fourth-order valence-electron chi connectivity index (χ4n) is 3.36. The molecule has 1 saturated carbocycles. The molecule has 2 aliphatic rings. The van der Waals surface area contributed by atoms with E-state index in [1.165, 1.54) is 31.2 Å². The Balaban J connectivity index is 1.98. The molecule has 0 bridgehead atoms. The molecule has 1 heterocycles. The molecule has 0 radical (unpaired) electrons. The molecule has 3 heteroatoms. The summed E-state index contributed by atoms with van der Waals surface area (Å²) in [6.07, 6.45) is 6.03. The number of fused-ring (bicyclic) bond motifs is 1. The van der Waals surface area contributed by atoms with Crippen LogP contribution in [0.5, 0.6) is 11.5 Å². The summed E-state index contributed by atoms with van der Waals surface area (Å²) in [5.74, 6) is 1.88. The highest BCUT2D eigenvalue weighted by molar-refractivity contribution is 5.44. The molecule has 0 aromatic heterocycles. The van der Waals surface area contributed by atoms with E-state index in [1.54, 1.807) is 7.11 Å². The van der Waals surface area contributed by atoms with Crippen LogP contribution in [0.1, 0.15) is 43.7 Å². The molecule has 3 rings (SSSR count). The van der Waals surface area contributed by atoms with Gasteiger partial charge in [0.2, 0.25) is 0 Å². The molecule has 1 aliphatic carbocycles. The van der Waals surface area contributed by atoms with E-state index in [1.807, 2.05) is 19.2 Å². The minimum Gasteiger partial charge on any atom is -0.497 e. The molecule has 0 amide bonds. The van der Waals surface area contributed by atoms with Gasteiger partial charge in [0.25, 0.3) is 0 Å². The van der Waals surface area contributed by atoms with Crippen LogP contribution in [0.25, 0.3) is 0 Å². The first kappa shape index (κ1) is 11.8. The Bertz CT molecular complexity index is 438. The van der Waals surface area contributed by atoms with E-state index in [2.05, 4.69) is 11.4 Å². The average molecular weight is 247 g/mol. The van der Waals surface area contributed by atoms with Crippen LogP contribution >= 0.6 is 0 Å². The molecule has 18 heavy (non-hydrogen) atoms. The summed E-state index contributed by atoms with van der Waals surface area (Å²) in [6, 6.07) is 6.56. The van der Waals surface area contributed by atoms with Gasteiger partial charge >= 0.3 is 0 Å². The van der Waals surface area contributed by atoms with Gasteiger partial charge in [0, 0.05) is 24.1 Å². The molecule has 1 aromatic carbocycles. The van der Waals surface area contributed by atoms with Crippen LogP contribution in [-0.2, 0) is 0 Å². The summed E-state index contributed by atoms with van der Waals surface area (Å²) in [5.41, 5.74) is 1.32. The maximum absolute atomic E-state index is 6.33. The fraction of sp³-hybridized carbons (Fsp3) is 0.600. The maximum Gasteiger partial charge on any atom is 0.128 e. The minimum atomic E-state index is 0.0625. The molecule has 1 spiro atoms. The lowest BCUT2D eigenvalue weighted by Gasteiger charge is -2.40. The SMILES string of the molecule is CNC1CC2(CCCC2)Oc2cc(OC)ccc21. The van der Waals surface area contributed by atoms with Gasteiger partial charge in [-0.25, -0.2) is 0 Å². The zero-order valence-electron chi connectivity index (χ0n) is 11.2. The predicted molar refractivity (Wildman–Crippen MR) is 71.2 cm³/mol. The number of hydrogen-bond donors (Lipinski definition) is 1. The van der Waals surface area contributed by atoms with Gasteiger partial charge < -0.3 is 14.8 Å². The van der Waals surface area contributed by atoms with Crippen molar-refractivity contribution >= 4 is 0 Å². The molecule has 0 saturated heterocycles. The molecule has 1 fully saturated rings. The van der Waals surface area contributed by atoms with Crippen molar-refractivity contribution in [2.45, 2.75) is 43.7 Å². The third kappa shape index (κ3) is 1.87. The Morgan fingerprint density at radius 3 is 2.78 bits per heavy atom. The van der Waals surface area contributed by atoms with Crippen LogP contribution in [0.3, 0.4) is 0 Å². The first-order valence-electron chi connectivity index (χ1n) is 6.80. The Labute approximate surface area is 108 Å². The molecule has 98 valence electrons. The normalized spacial score (nSPS) is 24.7. The fourth-order valence-corrected chi connectivity index (χ4v) is 3.36. The minimum absolute atomic E-state index is 0.0625. The Hall–Kier alpha value is -1.22. The van der Waals surface area contributed by atoms with Crippen molar-refractivity contribution in [1.82, 2.24) is 5.32 Å². The zero-order valence-corrected chi connectivity index (χ0v) is 11.2.